The van der Waals surface area contributed by atoms with Crippen LogP contribution < -0.4 is 0 Å². The van der Waals surface area contributed by atoms with Gasteiger partial charge in [-0.15, -0.1) is 0 Å². The molecule has 0 aromatic carbocycles. The average molecular weight is 590 g/mol. The molecule has 0 unspecified atom stereocenters. The molecule has 0 amide bonds. The minimum Gasteiger partial charge on any atom is -0.377 e. The number of nitrogens with one attached hydrogen (secondary N) is 2. The largest absolute Gasteiger partial charge is 0.377 e. The first kappa shape index (κ1) is 27.0. The number of hydrogen-bond donors (Lipinski definition) is 2. The summed E-state index contributed by atoms with van der Waals surface area (Å²) in [5.41, 5.74) is 14.5. The lowest BCUT2D eigenvalue weighted by atomic mass is 10.0. The van der Waals surface area contributed by atoms with Gasteiger partial charge >= 0.3 is 0 Å². The summed E-state index contributed by atoms with van der Waals surface area (Å²) in [5.74, 6) is 0. The molecule has 222 valence electrons. The molecule has 0 radical (unpaired) electrons. The molecule has 0 fully saturated rings. The van der Waals surface area contributed by atoms with E-state index >= 15 is 0 Å². The van der Waals surface area contributed by atoms with Crippen LogP contribution in [0.1, 0.15) is 39.5 Å². The van der Waals surface area contributed by atoms with Gasteiger partial charge in [0.2, 0.25) is 0 Å². The van der Waals surface area contributed by atoms with Crippen LogP contribution in [0.25, 0.3) is 63.1 Å². The van der Waals surface area contributed by atoms with Crippen molar-refractivity contribution in [1.82, 2.24) is 34.6 Å². The van der Waals surface area contributed by atoms with Crippen molar-refractivity contribution in [2.45, 2.75) is 0 Å². The van der Waals surface area contributed by atoms with Crippen LogP contribution in [0.4, 0.5) is 0 Å². The third kappa shape index (κ3) is 5.06. The molecule has 8 heterocycles. The second-order valence-corrected chi connectivity index (χ2v) is 12.1. The molecule has 8 bridgehead atoms. The Kier molecular flexibility index (Phi) is 6.52. The number of H-pyrrole nitrogens is 2. The van der Waals surface area contributed by atoms with E-state index in [0.717, 1.165) is 97.9 Å². The van der Waals surface area contributed by atoms with E-state index in [2.05, 4.69) is 156 Å². The second kappa shape index (κ2) is 10.9. The Hall–Kier alpha value is -5.56. The lowest BCUT2D eigenvalue weighted by Crippen LogP contribution is -2.13. The summed E-state index contributed by atoms with van der Waals surface area (Å²) in [6.07, 6.45) is 28.3. The number of allylic oxidation sites excluding steroid dienone is 6. The van der Waals surface area contributed by atoms with Crippen LogP contribution in [0.5, 0.6) is 0 Å². The summed E-state index contributed by atoms with van der Waals surface area (Å²) in [5, 5.41) is 0. The van der Waals surface area contributed by atoms with Crippen molar-refractivity contribution in [3.63, 3.8) is 0 Å². The molecule has 2 N–H and O–H groups in total. The quantitative estimate of drug-likeness (QED) is 0.233. The van der Waals surface area contributed by atoms with Gasteiger partial charge < -0.3 is 24.7 Å². The van der Waals surface area contributed by atoms with E-state index in [1.54, 1.807) is 0 Å². The van der Waals surface area contributed by atoms with Crippen LogP contribution in [0, 0.1) is 0 Å². The SMILES string of the molecule is CN1C=CC(c2c3nc(c(C4=CCN(C)C=C4)c4ccc([nH]4)c(C4=CCN(C)C=C4)c4nc(cc5ccc2[nH]5)C=C4)C=C3)=CC1. The van der Waals surface area contributed by atoms with Crippen molar-refractivity contribution < 1.29 is 0 Å². The first-order valence-electron chi connectivity index (χ1n) is 15.4. The Bertz CT molecular complexity index is 2110. The van der Waals surface area contributed by atoms with Gasteiger partial charge in [0.1, 0.15) is 0 Å². The summed E-state index contributed by atoms with van der Waals surface area (Å²) in [7, 11) is 6.27. The molecule has 7 nitrogen and oxygen atoms in total. The predicted molar refractivity (Wildman–Crippen MR) is 188 cm³/mol. The van der Waals surface area contributed by atoms with Crippen LogP contribution in [-0.4, -0.2) is 75.4 Å². The number of aromatic nitrogens is 4. The summed E-state index contributed by atoms with van der Waals surface area (Å²) in [6, 6.07) is 10.8. The van der Waals surface area contributed by atoms with Crippen molar-refractivity contribution in [3.8, 4) is 0 Å². The molecule has 0 aliphatic carbocycles. The molecular formula is C38H35N7. The molecule has 3 aromatic rings. The van der Waals surface area contributed by atoms with Gasteiger partial charge in [0.25, 0.3) is 0 Å². The predicted octanol–water partition coefficient (Wildman–Crippen LogP) is 7.18. The Labute approximate surface area is 262 Å². The van der Waals surface area contributed by atoms with Crippen LogP contribution in [0.3, 0.4) is 0 Å². The van der Waals surface area contributed by atoms with E-state index < -0.39 is 0 Å². The maximum atomic E-state index is 5.34. The minimum absolute atomic E-state index is 0.837. The highest BCUT2D eigenvalue weighted by atomic mass is 15.1. The number of hydrogen-bond acceptors (Lipinski definition) is 5. The number of aromatic amines is 2. The van der Waals surface area contributed by atoms with E-state index in [9.17, 15) is 0 Å². The number of nitrogens with zero attached hydrogens (tertiary/aromatic N) is 5. The van der Waals surface area contributed by atoms with Crippen molar-refractivity contribution >= 4 is 63.1 Å². The molecule has 3 aromatic heterocycles. The van der Waals surface area contributed by atoms with Crippen LogP contribution >= 0.6 is 0 Å². The van der Waals surface area contributed by atoms with E-state index in [0.29, 0.717) is 0 Å². The van der Waals surface area contributed by atoms with E-state index in [1.165, 1.54) is 0 Å². The monoisotopic (exact) mass is 589 g/mol. The summed E-state index contributed by atoms with van der Waals surface area (Å²) in [4.78, 5) is 24.5. The molecule has 0 saturated heterocycles. The molecule has 0 atom stereocenters. The number of rotatable bonds is 3. The molecule has 5 aliphatic heterocycles. The Morgan fingerprint density at radius 3 is 1.44 bits per heavy atom. The van der Waals surface area contributed by atoms with Gasteiger partial charge in [-0.2, -0.15) is 0 Å². The lowest BCUT2D eigenvalue weighted by Gasteiger charge is -2.18. The van der Waals surface area contributed by atoms with Gasteiger partial charge in [0.05, 0.1) is 22.8 Å². The van der Waals surface area contributed by atoms with Crippen LogP contribution in [0.15, 0.2) is 85.4 Å². The average Bonchev–Trinajstić information content (AvgIpc) is 3.87. The highest BCUT2D eigenvalue weighted by Gasteiger charge is 2.19. The first-order valence-corrected chi connectivity index (χ1v) is 15.4. The fraction of sp³-hybridized carbons (Fsp3) is 0.158. The fourth-order valence-electron chi connectivity index (χ4n) is 6.34. The fourth-order valence-corrected chi connectivity index (χ4v) is 6.34. The highest BCUT2D eigenvalue weighted by Crippen LogP contribution is 2.34. The molecule has 0 saturated carbocycles. The summed E-state index contributed by atoms with van der Waals surface area (Å²) >= 11 is 0. The summed E-state index contributed by atoms with van der Waals surface area (Å²) < 4.78 is 0. The first-order chi connectivity index (χ1) is 22.0. The van der Waals surface area contributed by atoms with Crippen molar-refractivity contribution in [3.05, 3.63) is 125 Å². The molecule has 7 heteroatoms. The molecular weight excluding hydrogens is 554 g/mol. The van der Waals surface area contributed by atoms with Gasteiger partial charge in [-0.25, -0.2) is 9.97 Å². The molecule has 8 rings (SSSR count). The Morgan fingerprint density at radius 2 is 0.956 bits per heavy atom. The summed E-state index contributed by atoms with van der Waals surface area (Å²) in [6.45, 7) is 2.53. The standard InChI is InChI=1S/C38H35N7/c1-43-18-12-25(13-19-43)36-30-6-4-28(39-30)24-29-5-7-31(40-29)37(26-14-20-44(2)21-15-26)33-9-11-35(42-33)38(34-10-8-32(36)41-34)27-16-22-45(3)23-17-27/h4-18,20,22,24,39,42H,19,21,23H2,1-3H3. The van der Waals surface area contributed by atoms with Gasteiger partial charge in [-0.1, -0.05) is 18.2 Å². The second-order valence-electron chi connectivity index (χ2n) is 12.1. The molecule has 45 heavy (non-hydrogen) atoms. The maximum Gasteiger partial charge on any atom is 0.0737 e. The van der Waals surface area contributed by atoms with E-state index in [1.807, 2.05) is 0 Å². The third-order valence-corrected chi connectivity index (χ3v) is 8.77. The zero-order chi connectivity index (χ0) is 30.5. The van der Waals surface area contributed by atoms with Crippen LogP contribution in [0.2, 0.25) is 0 Å². The third-order valence-electron chi connectivity index (χ3n) is 8.77. The van der Waals surface area contributed by atoms with Gasteiger partial charge in [0.15, 0.2) is 0 Å². The Morgan fingerprint density at radius 1 is 0.511 bits per heavy atom. The van der Waals surface area contributed by atoms with Crippen LogP contribution in [-0.2, 0) is 0 Å². The normalized spacial score (nSPS) is 17.2. The van der Waals surface area contributed by atoms with E-state index in [4.69, 9.17) is 9.97 Å². The van der Waals surface area contributed by atoms with Crippen molar-refractivity contribution in [1.29, 1.82) is 0 Å². The maximum absolute atomic E-state index is 5.34. The topological polar surface area (TPSA) is 67.1 Å². The highest BCUT2D eigenvalue weighted by molar-refractivity contribution is 5.97. The van der Waals surface area contributed by atoms with Gasteiger partial charge in [-0.3, -0.25) is 0 Å². The van der Waals surface area contributed by atoms with Crippen molar-refractivity contribution in [2.75, 3.05) is 40.8 Å². The number of fused-ring (bicyclic) bond motifs is 8. The Balaban J connectivity index is 1.47. The smallest absolute Gasteiger partial charge is 0.0737 e. The van der Waals surface area contributed by atoms with Gasteiger partial charge in [-0.05, 0) is 108 Å². The molecule has 0 spiro atoms. The van der Waals surface area contributed by atoms with Gasteiger partial charge in [0, 0.05) is 79.5 Å². The lowest BCUT2D eigenvalue weighted by molar-refractivity contribution is 0.506. The minimum atomic E-state index is 0.837. The molecule has 5 aliphatic rings. The van der Waals surface area contributed by atoms with Crippen molar-refractivity contribution in [2.24, 2.45) is 0 Å². The number of likely N-dealkylation sites (N-methyl/N-ethyl adjacent to an activating group) is 3. The zero-order valence-corrected chi connectivity index (χ0v) is 25.7. The zero-order valence-electron chi connectivity index (χ0n) is 25.7. The van der Waals surface area contributed by atoms with E-state index in [-0.39, 0.29) is 0 Å².